The van der Waals surface area contributed by atoms with Gasteiger partial charge in [-0.05, 0) is 42.2 Å². The first-order valence-corrected chi connectivity index (χ1v) is 8.98. The van der Waals surface area contributed by atoms with Gasteiger partial charge in [0.1, 0.15) is 5.75 Å². The van der Waals surface area contributed by atoms with E-state index in [1.165, 1.54) is 10.5 Å². The van der Waals surface area contributed by atoms with Crippen molar-refractivity contribution in [2.75, 3.05) is 13.4 Å². The number of hydrogen-bond donors (Lipinski definition) is 0. The standard InChI is InChI=1S/C17H16N2OS2/c1-20-14-6-3-12(4-7-14)16-17(22-11-19-16)13-5-8-15(21-2)18-10-9-13/h3-7,9-11H,8H2,1-2H3. The van der Waals surface area contributed by atoms with Gasteiger partial charge in [0.15, 0.2) is 0 Å². The smallest absolute Gasteiger partial charge is 0.118 e. The first-order chi connectivity index (χ1) is 10.8. The molecular weight excluding hydrogens is 312 g/mol. The van der Waals surface area contributed by atoms with E-state index >= 15 is 0 Å². The van der Waals surface area contributed by atoms with Crippen molar-refractivity contribution < 1.29 is 4.74 Å². The van der Waals surface area contributed by atoms with E-state index in [2.05, 4.69) is 28.4 Å². The molecule has 1 aliphatic heterocycles. The zero-order valence-corrected chi connectivity index (χ0v) is 14.1. The Morgan fingerprint density at radius 1 is 1.23 bits per heavy atom. The molecule has 1 aromatic heterocycles. The van der Waals surface area contributed by atoms with Gasteiger partial charge in [0.2, 0.25) is 0 Å². The zero-order chi connectivity index (χ0) is 15.4. The van der Waals surface area contributed by atoms with Crippen LogP contribution in [0, 0.1) is 0 Å². The lowest BCUT2D eigenvalue weighted by molar-refractivity contribution is 0.415. The summed E-state index contributed by atoms with van der Waals surface area (Å²) in [7, 11) is 1.67. The molecule has 5 heteroatoms. The third-order valence-electron chi connectivity index (χ3n) is 3.40. The highest BCUT2D eigenvalue weighted by atomic mass is 32.2. The second kappa shape index (κ2) is 6.94. The average Bonchev–Trinajstić information content (AvgIpc) is 2.93. The second-order valence-electron chi connectivity index (χ2n) is 4.66. The van der Waals surface area contributed by atoms with Gasteiger partial charge in [-0.25, -0.2) is 4.98 Å². The molecule has 2 aromatic rings. The highest BCUT2D eigenvalue weighted by molar-refractivity contribution is 8.13. The predicted molar refractivity (Wildman–Crippen MR) is 96.8 cm³/mol. The van der Waals surface area contributed by atoms with Crippen LogP contribution >= 0.6 is 23.1 Å². The van der Waals surface area contributed by atoms with Crippen LogP contribution in [-0.4, -0.2) is 23.4 Å². The molecule has 0 spiro atoms. The number of nitrogens with zero attached hydrogens (tertiary/aromatic N) is 2. The number of allylic oxidation sites excluding steroid dienone is 3. The molecule has 1 aromatic carbocycles. The summed E-state index contributed by atoms with van der Waals surface area (Å²) >= 11 is 3.35. The maximum Gasteiger partial charge on any atom is 0.118 e. The average molecular weight is 328 g/mol. The highest BCUT2D eigenvalue weighted by Gasteiger charge is 2.13. The molecule has 112 valence electrons. The lowest BCUT2D eigenvalue weighted by Crippen LogP contribution is -1.88. The third kappa shape index (κ3) is 3.15. The molecule has 0 N–H and O–H groups in total. The van der Waals surface area contributed by atoms with Crippen LogP contribution in [0.3, 0.4) is 0 Å². The van der Waals surface area contributed by atoms with E-state index in [-0.39, 0.29) is 0 Å². The Kier molecular flexibility index (Phi) is 4.75. The van der Waals surface area contributed by atoms with Gasteiger partial charge in [-0.2, -0.15) is 0 Å². The molecule has 0 radical (unpaired) electrons. The summed E-state index contributed by atoms with van der Waals surface area (Å²) in [6.45, 7) is 0. The number of aromatic nitrogens is 1. The van der Waals surface area contributed by atoms with Crippen molar-refractivity contribution in [1.82, 2.24) is 4.98 Å². The Balaban J connectivity index is 1.94. The summed E-state index contributed by atoms with van der Waals surface area (Å²) < 4.78 is 5.22. The van der Waals surface area contributed by atoms with Crippen molar-refractivity contribution in [2.45, 2.75) is 6.42 Å². The minimum atomic E-state index is 0.854. The van der Waals surface area contributed by atoms with Crippen molar-refractivity contribution in [3.8, 4) is 17.0 Å². The van der Waals surface area contributed by atoms with Crippen molar-refractivity contribution in [2.24, 2.45) is 4.99 Å². The molecule has 0 atom stereocenters. The maximum absolute atomic E-state index is 5.22. The van der Waals surface area contributed by atoms with Crippen LogP contribution in [-0.2, 0) is 0 Å². The van der Waals surface area contributed by atoms with Crippen molar-refractivity contribution in [1.29, 1.82) is 0 Å². The first-order valence-electron chi connectivity index (χ1n) is 6.87. The molecule has 0 amide bonds. The molecule has 0 saturated heterocycles. The van der Waals surface area contributed by atoms with Crippen molar-refractivity contribution >= 4 is 33.7 Å². The van der Waals surface area contributed by atoms with E-state index in [1.54, 1.807) is 30.2 Å². The van der Waals surface area contributed by atoms with E-state index < -0.39 is 0 Å². The summed E-state index contributed by atoms with van der Waals surface area (Å²) in [5.41, 5.74) is 5.18. The summed E-state index contributed by atoms with van der Waals surface area (Å²) in [5, 5.41) is 1.13. The van der Waals surface area contributed by atoms with Crippen LogP contribution < -0.4 is 4.74 Å². The first kappa shape index (κ1) is 15.1. The molecule has 2 heterocycles. The molecule has 3 nitrogen and oxygen atoms in total. The van der Waals surface area contributed by atoms with Crippen molar-refractivity contribution in [3.63, 3.8) is 0 Å². The van der Waals surface area contributed by atoms with Crippen LogP contribution in [0.1, 0.15) is 11.3 Å². The Morgan fingerprint density at radius 3 is 2.77 bits per heavy atom. The van der Waals surface area contributed by atoms with Gasteiger partial charge in [0.05, 0.1) is 28.2 Å². The molecule has 0 saturated carbocycles. The SMILES string of the molecule is COc1ccc(-c2ncsc2C2=CCC(SC)=NC=C2)cc1. The number of benzene rings is 1. The number of methoxy groups -OCH3 is 1. The fraction of sp³-hybridized carbons (Fsp3) is 0.176. The number of thioether (sulfide) groups is 1. The summed E-state index contributed by atoms with van der Waals surface area (Å²) in [6.07, 6.45) is 9.08. The predicted octanol–water partition coefficient (Wildman–Crippen LogP) is 4.88. The molecular formula is C17H16N2OS2. The molecule has 0 fully saturated rings. The number of hydrogen-bond acceptors (Lipinski definition) is 5. The largest absolute Gasteiger partial charge is 0.497 e. The molecule has 22 heavy (non-hydrogen) atoms. The van der Waals surface area contributed by atoms with Gasteiger partial charge in [0.25, 0.3) is 0 Å². The summed E-state index contributed by atoms with van der Waals surface area (Å²) in [5.74, 6) is 0.854. The topological polar surface area (TPSA) is 34.5 Å². The third-order valence-corrected chi connectivity index (χ3v) is 5.02. The molecule has 0 aliphatic carbocycles. The number of ether oxygens (including phenoxy) is 1. The van der Waals surface area contributed by atoms with E-state index in [4.69, 9.17) is 4.74 Å². The van der Waals surface area contributed by atoms with Gasteiger partial charge in [-0.1, -0.05) is 6.08 Å². The Bertz CT molecular complexity index is 742. The van der Waals surface area contributed by atoms with Gasteiger partial charge >= 0.3 is 0 Å². The minimum absolute atomic E-state index is 0.854. The Labute approximate surface area is 138 Å². The lowest BCUT2D eigenvalue weighted by atomic mass is 10.1. The number of aliphatic imine (C=N–C) groups is 1. The molecule has 1 aliphatic rings. The van der Waals surface area contributed by atoms with Gasteiger partial charge in [0, 0.05) is 18.2 Å². The molecule has 3 rings (SSSR count). The summed E-state index contributed by atoms with van der Waals surface area (Å²) in [6, 6.07) is 8.01. The van der Waals surface area contributed by atoms with Gasteiger partial charge in [-0.3, -0.25) is 4.99 Å². The highest BCUT2D eigenvalue weighted by Crippen LogP contribution is 2.34. The number of rotatable bonds is 3. The van der Waals surface area contributed by atoms with Gasteiger partial charge < -0.3 is 4.74 Å². The van der Waals surface area contributed by atoms with E-state index in [0.717, 1.165) is 28.5 Å². The van der Waals surface area contributed by atoms with E-state index in [1.807, 2.05) is 36.0 Å². The van der Waals surface area contributed by atoms with Crippen LogP contribution in [0.25, 0.3) is 16.8 Å². The minimum Gasteiger partial charge on any atom is -0.497 e. The monoisotopic (exact) mass is 328 g/mol. The fourth-order valence-electron chi connectivity index (χ4n) is 2.23. The van der Waals surface area contributed by atoms with E-state index in [0.29, 0.717) is 0 Å². The maximum atomic E-state index is 5.22. The normalized spacial score (nSPS) is 14.3. The second-order valence-corrected chi connectivity index (χ2v) is 6.40. The molecule has 0 bridgehead atoms. The van der Waals surface area contributed by atoms with Crippen LogP contribution in [0.4, 0.5) is 0 Å². The lowest BCUT2D eigenvalue weighted by Gasteiger charge is -2.05. The van der Waals surface area contributed by atoms with Crippen LogP contribution in [0.15, 0.2) is 53.1 Å². The quantitative estimate of drug-likeness (QED) is 0.805. The van der Waals surface area contributed by atoms with Crippen LogP contribution in [0.2, 0.25) is 0 Å². The van der Waals surface area contributed by atoms with E-state index in [9.17, 15) is 0 Å². The van der Waals surface area contributed by atoms with Crippen molar-refractivity contribution in [3.05, 3.63) is 53.0 Å². The fourth-order valence-corrected chi connectivity index (χ4v) is 3.48. The van der Waals surface area contributed by atoms with Gasteiger partial charge in [-0.15, -0.1) is 23.1 Å². The zero-order valence-electron chi connectivity index (χ0n) is 12.4. The van der Waals surface area contributed by atoms with Crippen LogP contribution in [0.5, 0.6) is 5.75 Å². The Hall–Kier alpha value is -1.85. The summed E-state index contributed by atoms with van der Waals surface area (Å²) in [4.78, 5) is 10.2. The Morgan fingerprint density at radius 2 is 2.05 bits per heavy atom. The number of thiazole rings is 1. The molecule has 0 unspecified atom stereocenters.